The van der Waals surface area contributed by atoms with Gasteiger partial charge in [-0.05, 0) is 18.3 Å². The van der Waals surface area contributed by atoms with E-state index in [0.717, 1.165) is 6.42 Å². The quantitative estimate of drug-likeness (QED) is 0.609. The normalized spacial score (nSPS) is 13.6. The van der Waals surface area contributed by atoms with Gasteiger partial charge in [0, 0.05) is 6.92 Å². The van der Waals surface area contributed by atoms with Gasteiger partial charge >= 0.3 is 5.97 Å². The molecule has 0 amide bonds. The molecule has 0 aliphatic heterocycles. The van der Waals surface area contributed by atoms with Crippen molar-refractivity contribution in [2.75, 3.05) is 0 Å². The van der Waals surface area contributed by atoms with E-state index in [0.29, 0.717) is 11.8 Å². The summed E-state index contributed by atoms with van der Waals surface area (Å²) in [5.41, 5.74) is 0. The van der Waals surface area contributed by atoms with Crippen molar-refractivity contribution in [3.05, 3.63) is 0 Å². The molecule has 1 unspecified atom stereocenters. The second-order valence-corrected chi connectivity index (χ2v) is 4.02. The first-order valence-corrected chi connectivity index (χ1v) is 4.60. The van der Waals surface area contributed by atoms with Crippen molar-refractivity contribution in [3.8, 4) is 0 Å². The summed E-state index contributed by atoms with van der Waals surface area (Å²) in [4.78, 5) is 10.7. The fourth-order valence-electron chi connectivity index (χ4n) is 1.13. The van der Waals surface area contributed by atoms with E-state index in [1.54, 1.807) is 0 Å². The minimum Gasteiger partial charge on any atom is -0.462 e. The van der Waals surface area contributed by atoms with Crippen LogP contribution in [0.2, 0.25) is 0 Å². The zero-order valence-electron chi connectivity index (χ0n) is 8.76. The summed E-state index contributed by atoms with van der Waals surface area (Å²) in [5, 5.41) is 0. The monoisotopic (exact) mass is 172 g/mol. The van der Waals surface area contributed by atoms with Crippen molar-refractivity contribution in [1.29, 1.82) is 0 Å². The Balaban J connectivity index is 3.95. The van der Waals surface area contributed by atoms with Gasteiger partial charge in [0.1, 0.15) is 6.10 Å². The Labute approximate surface area is 75.3 Å². The molecule has 0 aliphatic rings. The molecule has 0 rings (SSSR count). The number of rotatable bonds is 4. The second kappa shape index (κ2) is 5.18. The number of ether oxygens (including phenoxy) is 1. The first-order chi connectivity index (χ1) is 5.43. The minimum atomic E-state index is -0.172. The molecule has 1 atom stereocenters. The molecular formula is C10H20O2. The Morgan fingerprint density at radius 2 is 1.75 bits per heavy atom. The molecule has 12 heavy (non-hydrogen) atoms. The maximum absolute atomic E-state index is 10.7. The lowest BCUT2D eigenvalue weighted by molar-refractivity contribution is -0.149. The largest absolute Gasteiger partial charge is 0.462 e. The van der Waals surface area contributed by atoms with Crippen LogP contribution in [0.25, 0.3) is 0 Å². The molecule has 0 spiro atoms. The molecule has 0 aromatic rings. The number of carbonyl (C=O) groups is 1. The number of hydrogen-bond donors (Lipinski definition) is 0. The second-order valence-electron chi connectivity index (χ2n) is 4.02. The average Bonchev–Trinajstić information content (AvgIpc) is 1.83. The van der Waals surface area contributed by atoms with Crippen LogP contribution >= 0.6 is 0 Å². The van der Waals surface area contributed by atoms with E-state index >= 15 is 0 Å². The van der Waals surface area contributed by atoms with E-state index in [1.807, 2.05) is 0 Å². The van der Waals surface area contributed by atoms with Crippen molar-refractivity contribution >= 4 is 5.97 Å². The highest BCUT2D eigenvalue weighted by molar-refractivity contribution is 5.66. The number of esters is 1. The van der Waals surface area contributed by atoms with Gasteiger partial charge in [-0.15, -0.1) is 0 Å². The van der Waals surface area contributed by atoms with E-state index in [-0.39, 0.29) is 12.1 Å². The van der Waals surface area contributed by atoms with E-state index < -0.39 is 0 Å². The summed E-state index contributed by atoms with van der Waals surface area (Å²) < 4.78 is 5.18. The van der Waals surface area contributed by atoms with Gasteiger partial charge in [0.05, 0.1) is 0 Å². The maximum Gasteiger partial charge on any atom is 0.302 e. The van der Waals surface area contributed by atoms with Crippen molar-refractivity contribution in [3.63, 3.8) is 0 Å². The third-order valence-corrected chi connectivity index (χ3v) is 1.76. The molecule has 0 N–H and O–H groups in total. The van der Waals surface area contributed by atoms with Crippen molar-refractivity contribution in [2.24, 2.45) is 11.8 Å². The number of hydrogen-bond acceptors (Lipinski definition) is 2. The van der Waals surface area contributed by atoms with Crippen LogP contribution in [-0.4, -0.2) is 12.1 Å². The van der Waals surface area contributed by atoms with Gasteiger partial charge in [-0.1, -0.05) is 27.7 Å². The Morgan fingerprint density at radius 1 is 1.25 bits per heavy atom. The molecule has 0 bridgehead atoms. The lowest BCUT2D eigenvalue weighted by atomic mass is 9.97. The van der Waals surface area contributed by atoms with E-state index in [1.165, 1.54) is 6.92 Å². The fourth-order valence-corrected chi connectivity index (χ4v) is 1.13. The molecule has 0 aromatic carbocycles. The Hall–Kier alpha value is -0.530. The van der Waals surface area contributed by atoms with Crippen molar-refractivity contribution < 1.29 is 9.53 Å². The van der Waals surface area contributed by atoms with Gasteiger partial charge in [-0.3, -0.25) is 4.79 Å². The van der Waals surface area contributed by atoms with Crippen LogP contribution in [0.4, 0.5) is 0 Å². The van der Waals surface area contributed by atoms with Crippen LogP contribution in [0.1, 0.15) is 41.0 Å². The zero-order chi connectivity index (χ0) is 9.72. The van der Waals surface area contributed by atoms with Crippen LogP contribution in [0.15, 0.2) is 0 Å². The van der Waals surface area contributed by atoms with Gasteiger partial charge in [-0.25, -0.2) is 0 Å². The highest BCUT2D eigenvalue weighted by Crippen LogP contribution is 2.16. The predicted molar refractivity (Wildman–Crippen MR) is 49.8 cm³/mol. The SMILES string of the molecule is CC(=O)OC(CC(C)C)C(C)C. The Kier molecular flexibility index (Phi) is 4.95. The highest BCUT2D eigenvalue weighted by atomic mass is 16.5. The molecule has 2 heteroatoms. The Morgan fingerprint density at radius 3 is 2.00 bits per heavy atom. The summed E-state index contributed by atoms with van der Waals surface area (Å²) in [6, 6.07) is 0. The fraction of sp³-hybridized carbons (Fsp3) is 0.900. The van der Waals surface area contributed by atoms with Crippen LogP contribution in [0.5, 0.6) is 0 Å². The molecule has 0 saturated carbocycles. The Bertz CT molecular complexity index is 139. The third-order valence-electron chi connectivity index (χ3n) is 1.76. The third kappa shape index (κ3) is 5.16. The van der Waals surface area contributed by atoms with Crippen LogP contribution in [0.3, 0.4) is 0 Å². The predicted octanol–water partition coefficient (Wildman–Crippen LogP) is 2.62. The molecule has 0 heterocycles. The zero-order valence-corrected chi connectivity index (χ0v) is 8.76. The average molecular weight is 172 g/mol. The van der Waals surface area contributed by atoms with Crippen LogP contribution in [0, 0.1) is 11.8 Å². The highest BCUT2D eigenvalue weighted by Gasteiger charge is 2.17. The molecule has 0 aromatic heterocycles. The van der Waals surface area contributed by atoms with E-state index in [9.17, 15) is 4.79 Å². The summed E-state index contributed by atoms with van der Waals surface area (Å²) in [5.74, 6) is 0.822. The molecule has 0 aliphatic carbocycles. The first kappa shape index (κ1) is 11.5. The summed E-state index contributed by atoms with van der Waals surface area (Å²) in [7, 11) is 0. The summed E-state index contributed by atoms with van der Waals surface area (Å²) >= 11 is 0. The minimum absolute atomic E-state index is 0.0856. The molecule has 72 valence electrons. The molecule has 0 saturated heterocycles. The lowest BCUT2D eigenvalue weighted by Crippen LogP contribution is -2.24. The van der Waals surface area contributed by atoms with Crippen LogP contribution in [-0.2, 0) is 9.53 Å². The lowest BCUT2D eigenvalue weighted by Gasteiger charge is -2.22. The van der Waals surface area contributed by atoms with Crippen LogP contribution < -0.4 is 0 Å². The topological polar surface area (TPSA) is 26.3 Å². The number of carbonyl (C=O) groups excluding carboxylic acids is 1. The van der Waals surface area contributed by atoms with Gasteiger partial charge in [-0.2, -0.15) is 0 Å². The van der Waals surface area contributed by atoms with Gasteiger partial charge in [0.2, 0.25) is 0 Å². The van der Waals surface area contributed by atoms with Gasteiger partial charge < -0.3 is 4.74 Å². The molecule has 0 fully saturated rings. The maximum atomic E-state index is 10.7. The smallest absolute Gasteiger partial charge is 0.302 e. The van der Waals surface area contributed by atoms with Gasteiger partial charge in [0.15, 0.2) is 0 Å². The van der Waals surface area contributed by atoms with Crippen molar-refractivity contribution in [1.82, 2.24) is 0 Å². The molecule has 2 nitrogen and oxygen atoms in total. The van der Waals surface area contributed by atoms with E-state index in [4.69, 9.17) is 4.74 Å². The molecular weight excluding hydrogens is 152 g/mol. The molecule has 0 radical (unpaired) electrons. The van der Waals surface area contributed by atoms with Gasteiger partial charge in [0.25, 0.3) is 0 Å². The first-order valence-electron chi connectivity index (χ1n) is 4.60. The van der Waals surface area contributed by atoms with Crippen molar-refractivity contribution in [2.45, 2.75) is 47.1 Å². The standard InChI is InChI=1S/C10H20O2/c1-7(2)6-10(8(3)4)12-9(5)11/h7-8,10H,6H2,1-5H3. The summed E-state index contributed by atoms with van der Waals surface area (Å²) in [6.07, 6.45) is 1.04. The van der Waals surface area contributed by atoms with E-state index in [2.05, 4.69) is 27.7 Å². The summed E-state index contributed by atoms with van der Waals surface area (Å²) in [6.45, 7) is 9.90.